The molecule has 0 aliphatic carbocycles. The molecular formula is C40H37IrN3O-2. The summed E-state index contributed by atoms with van der Waals surface area (Å²) in [7, 11) is 0. The summed E-state index contributed by atoms with van der Waals surface area (Å²) in [5.74, 6) is 0. The number of rotatable bonds is 3. The largest absolute Gasteiger partial charge is 0.500 e. The molecule has 0 atom stereocenters. The van der Waals surface area contributed by atoms with Crippen molar-refractivity contribution in [1.29, 1.82) is 0 Å². The van der Waals surface area contributed by atoms with Gasteiger partial charge in [0.2, 0.25) is 0 Å². The van der Waals surface area contributed by atoms with Crippen molar-refractivity contribution in [2.75, 3.05) is 0 Å². The van der Waals surface area contributed by atoms with Crippen LogP contribution in [0.25, 0.3) is 55.2 Å². The molecule has 1 radical (unpaired) electrons. The maximum absolute atomic E-state index is 6.45. The van der Waals surface area contributed by atoms with Crippen LogP contribution in [0.15, 0.2) is 89.7 Å². The van der Waals surface area contributed by atoms with E-state index in [2.05, 4.69) is 123 Å². The molecule has 0 fully saturated rings. The summed E-state index contributed by atoms with van der Waals surface area (Å²) >= 11 is 0. The molecule has 0 unspecified atom stereocenters. The number of benzene rings is 3. The second-order valence-electron chi connectivity index (χ2n) is 12.9. The SMILES string of the molecule is Cc1c[c-]c(-c2cc(C)c(C)cn2)cc1.Cc1cc2c(ccc3c4cc[c-]c(-c5cc(CC(C)(C)C)ccn5)c4oc23)cn1.[Ir]. The maximum atomic E-state index is 6.45. The molecule has 4 aromatic heterocycles. The Labute approximate surface area is 279 Å². The smallest absolute Gasteiger partial charge is 0.128 e. The third-order valence-electron chi connectivity index (χ3n) is 7.87. The Morgan fingerprint density at radius 3 is 2.24 bits per heavy atom. The number of aryl methyl sites for hydroxylation is 4. The van der Waals surface area contributed by atoms with Gasteiger partial charge in [0.15, 0.2) is 0 Å². The second-order valence-corrected chi connectivity index (χ2v) is 12.9. The summed E-state index contributed by atoms with van der Waals surface area (Å²) in [6.45, 7) is 15.0. The first kappa shape index (κ1) is 32.2. The minimum atomic E-state index is 0. The quantitative estimate of drug-likeness (QED) is 0.168. The summed E-state index contributed by atoms with van der Waals surface area (Å²) < 4.78 is 6.45. The second kappa shape index (κ2) is 13.0. The standard InChI is InChI=1S/C26H23N2O.C14H14N.Ir/c1-16-12-22-18(15-28-16)8-9-20-19-6-5-7-21(24(19)29-25(20)22)23-13-17(10-11-27-23)14-26(2,3)4;1-10-4-6-13(7-5-10)14-8-11(2)12(3)9-15-14;/h5-6,8-13,15H,14H2,1-4H3;4-6,8-9H,1-3H3;/q2*-1;. The third kappa shape index (κ3) is 7.06. The van der Waals surface area contributed by atoms with Crippen LogP contribution in [0.5, 0.6) is 0 Å². The van der Waals surface area contributed by atoms with Gasteiger partial charge in [-0.3, -0.25) is 4.98 Å². The van der Waals surface area contributed by atoms with E-state index < -0.39 is 0 Å². The molecule has 0 bridgehead atoms. The third-order valence-corrected chi connectivity index (χ3v) is 7.87. The van der Waals surface area contributed by atoms with E-state index in [0.29, 0.717) is 0 Å². The Balaban J connectivity index is 0.000000212. The first-order valence-electron chi connectivity index (χ1n) is 15.1. The van der Waals surface area contributed by atoms with Crippen molar-refractivity contribution in [2.24, 2.45) is 5.41 Å². The van der Waals surface area contributed by atoms with Gasteiger partial charge in [0.25, 0.3) is 0 Å². The van der Waals surface area contributed by atoms with Crippen LogP contribution in [0.4, 0.5) is 0 Å². The summed E-state index contributed by atoms with van der Waals surface area (Å²) in [5.41, 5.74) is 11.8. The Morgan fingerprint density at radius 2 is 1.51 bits per heavy atom. The Hall–Kier alpha value is -4.18. The predicted molar refractivity (Wildman–Crippen MR) is 182 cm³/mol. The molecule has 0 aliphatic rings. The van der Waals surface area contributed by atoms with Crippen molar-refractivity contribution < 1.29 is 24.5 Å². The topological polar surface area (TPSA) is 51.8 Å². The van der Waals surface area contributed by atoms with Crippen molar-refractivity contribution in [2.45, 2.75) is 54.9 Å². The zero-order valence-corrected chi connectivity index (χ0v) is 29.3. The van der Waals surface area contributed by atoms with Crippen molar-refractivity contribution in [3.05, 3.63) is 125 Å². The Bertz CT molecular complexity index is 2120. The molecule has 5 heteroatoms. The van der Waals surface area contributed by atoms with Gasteiger partial charge in [0, 0.05) is 60.5 Å². The Morgan fingerprint density at radius 1 is 0.711 bits per heavy atom. The van der Waals surface area contributed by atoms with Gasteiger partial charge >= 0.3 is 0 Å². The zero-order chi connectivity index (χ0) is 31.0. The normalized spacial score (nSPS) is 11.4. The van der Waals surface area contributed by atoms with Crippen LogP contribution < -0.4 is 0 Å². The van der Waals surface area contributed by atoms with E-state index in [9.17, 15) is 0 Å². The molecular weight excluding hydrogens is 731 g/mol. The maximum Gasteiger partial charge on any atom is 0.128 e. The van der Waals surface area contributed by atoms with Crippen molar-refractivity contribution >= 4 is 32.7 Å². The molecule has 0 amide bonds. The first-order valence-corrected chi connectivity index (χ1v) is 15.1. The van der Waals surface area contributed by atoms with Gasteiger partial charge in [-0.1, -0.05) is 74.0 Å². The number of pyridine rings is 3. The molecule has 4 heterocycles. The van der Waals surface area contributed by atoms with Crippen molar-refractivity contribution in [3.8, 4) is 22.5 Å². The fourth-order valence-corrected chi connectivity index (χ4v) is 5.48. The average molecular weight is 768 g/mol. The Kier molecular flexibility index (Phi) is 9.34. The molecule has 0 N–H and O–H groups in total. The van der Waals surface area contributed by atoms with E-state index in [1.54, 1.807) is 0 Å². The number of hydrogen-bond donors (Lipinski definition) is 0. The summed E-state index contributed by atoms with van der Waals surface area (Å²) in [6, 6.07) is 29.5. The van der Waals surface area contributed by atoms with Crippen LogP contribution in [0, 0.1) is 45.2 Å². The van der Waals surface area contributed by atoms with E-state index in [0.717, 1.165) is 67.3 Å². The van der Waals surface area contributed by atoms with Gasteiger partial charge in [-0.05, 0) is 61.7 Å². The summed E-state index contributed by atoms with van der Waals surface area (Å²) in [5, 5.41) is 4.37. The molecule has 4 nitrogen and oxygen atoms in total. The van der Waals surface area contributed by atoms with Gasteiger partial charge in [-0.25, -0.2) is 0 Å². The molecule has 7 rings (SSSR count). The van der Waals surface area contributed by atoms with Gasteiger partial charge in [0.05, 0.1) is 5.58 Å². The van der Waals surface area contributed by atoms with Crippen LogP contribution >= 0.6 is 0 Å². The fraction of sp³-hybridized carbons (Fsp3) is 0.225. The summed E-state index contributed by atoms with van der Waals surface area (Å²) in [4.78, 5) is 13.5. The molecule has 0 saturated heterocycles. The molecule has 45 heavy (non-hydrogen) atoms. The zero-order valence-electron chi connectivity index (χ0n) is 26.9. The number of nitrogens with zero attached hydrogens (tertiary/aromatic N) is 3. The van der Waals surface area contributed by atoms with E-state index in [1.807, 2.05) is 37.6 Å². The molecule has 0 saturated carbocycles. The van der Waals surface area contributed by atoms with E-state index in [1.165, 1.54) is 22.3 Å². The van der Waals surface area contributed by atoms with E-state index >= 15 is 0 Å². The van der Waals surface area contributed by atoms with Gasteiger partial charge in [0.1, 0.15) is 5.58 Å². The van der Waals surface area contributed by atoms with Gasteiger partial charge < -0.3 is 14.4 Å². The van der Waals surface area contributed by atoms with Crippen molar-refractivity contribution in [3.63, 3.8) is 0 Å². The molecule has 229 valence electrons. The van der Waals surface area contributed by atoms with Crippen molar-refractivity contribution in [1.82, 2.24) is 15.0 Å². The van der Waals surface area contributed by atoms with Gasteiger partial charge in [-0.15, -0.1) is 53.6 Å². The van der Waals surface area contributed by atoms with Crippen LogP contribution in [-0.2, 0) is 26.5 Å². The number of hydrogen-bond acceptors (Lipinski definition) is 4. The minimum absolute atomic E-state index is 0. The fourth-order valence-electron chi connectivity index (χ4n) is 5.48. The van der Waals surface area contributed by atoms with Crippen LogP contribution in [0.3, 0.4) is 0 Å². The first-order chi connectivity index (χ1) is 21.1. The van der Waals surface area contributed by atoms with E-state index in [-0.39, 0.29) is 25.5 Å². The van der Waals surface area contributed by atoms with Crippen LogP contribution in [0.1, 0.15) is 48.7 Å². The molecule has 0 spiro atoms. The monoisotopic (exact) mass is 768 g/mol. The van der Waals surface area contributed by atoms with E-state index in [4.69, 9.17) is 4.42 Å². The average Bonchev–Trinajstić information content (AvgIpc) is 3.38. The summed E-state index contributed by atoms with van der Waals surface area (Å²) in [6.07, 6.45) is 6.70. The minimum Gasteiger partial charge on any atom is -0.500 e. The molecule has 0 aliphatic heterocycles. The molecule has 7 aromatic rings. The predicted octanol–water partition coefficient (Wildman–Crippen LogP) is 10.4. The number of aromatic nitrogens is 3. The van der Waals surface area contributed by atoms with Gasteiger partial charge in [-0.2, -0.15) is 0 Å². The number of fused-ring (bicyclic) bond motifs is 5. The number of furan rings is 1. The van der Waals surface area contributed by atoms with Crippen LogP contribution in [-0.4, -0.2) is 15.0 Å². The molecule has 3 aromatic carbocycles. The van der Waals surface area contributed by atoms with Crippen LogP contribution in [0.2, 0.25) is 0 Å².